The second-order valence-electron chi connectivity index (χ2n) is 6.11. The third kappa shape index (κ3) is 2.75. The van der Waals surface area contributed by atoms with Crippen LogP contribution in [0.25, 0.3) is 0 Å². The predicted octanol–water partition coefficient (Wildman–Crippen LogP) is 4.84. The predicted molar refractivity (Wildman–Crippen MR) is 92.0 cm³/mol. The Hall–Kier alpha value is -1.60. The van der Waals surface area contributed by atoms with E-state index in [1.54, 1.807) is 0 Å². The Kier molecular flexibility index (Phi) is 4.53. The molecular formula is C20H27N. The number of rotatable bonds is 3. The molecule has 1 unspecified atom stereocenters. The summed E-state index contributed by atoms with van der Waals surface area (Å²) in [6.45, 7) is 13.2. The van der Waals surface area contributed by atoms with Gasteiger partial charge in [-0.15, -0.1) is 0 Å². The number of benzene rings is 2. The highest BCUT2D eigenvalue weighted by atomic mass is 14.6. The van der Waals surface area contributed by atoms with Gasteiger partial charge in [-0.1, -0.05) is 31.2 Å². The maximum Gasteiger partial charge on any atom is 0.0557 e. The summed E-state index contributed by atoms with van der Waals surface area (Å²) in [4.78, 5) is 0. The minimum atomic E-state index is -0.0473. The van der Waals surface area contributed by atoms with Crippen LogP contribution in [-0.2, 0) is 6.42 Å². The summed E-state index contributed by atoms with van der Waals surface area (Å²) < 4.78 is 0. The molecule has 0 saturated carbocycles. The van der Waals surface area contributed by atoms with E-state index in [-0.39, 0.29) is 6.04 Å². The maximum atomic E-state index is 6.60. The van der Waals surface area contributed by atoms with Gasteiger partial charge in [-0.25, -0.2) is 0 Å². The van der Waals surface area contributed by atoms with E-state index < -0.39 is 0 Å². The molecule has 2 N–H and O–H groups in total. The standard InChI is InChI=1S/C20H27N/c1-7-17-8-10-18(11-9-17)20(21)19-15(5)13(3)12(2)14(4)16(19)6/h8-11,20H,7,21H2,1-6H3. The van der Waals surface area contributed by atoms with Gasteiger partial charge in [0.15, 0.2) is 0 Å². The Morgan fingerprint density at radius 1 is 0.762 bits per heavy atom. The lowest BCUT2D eigenvalue weighted by atomic mass is 9.84. The molecule has 2 aromatic carbocycles. The number of aryl methyl sites for hydroxylation is 1. The molecule has 2 aromatic rings. The van der Waals surface area contributed by atoms with Crippen molar-refractivity contribution >= 4 is 0 Å². The molecule has 0 aliphatic heterocycles. The summed E-state index contributed by atoms with van der Waals surface area (Å²) >= 11 is 0. The first kappa shape index (κ1) is 15.8. The molecule has 0 saturated heterocycles. The summed E-state index contributed by atoms with van der Waals surface area (Å²) in [7, 11) is 0. The van der Waals surface area contributed by atoms with Gasteiger partial charge in [-0.3, -0.25) is 0 Å². The first-order chi connectivity index (χ1) is 9.88. The minimum Gasteiger partial charge on any atom is -0.320 e. The van der Waals surface area contributed by atoms with Crippen LogP contribution < -0.4 is 5.73 Å². The molecule has 112 valence electrons. The van der Waals surface area contributed by atoms with Gasteiger partial charge in [-0.2, -0.15) is 0 Å². The van der Waals surface area contributed by atoms with E-state index in [2.05, 4.69) is 65.8 Å². The lowest BCUT2D eigenvalue weighted by Crippen LogP contribution is -2.17. The summed E-state index contributed by atoms with van der Waals surface area (Å²) in [6, 6.07) is 8.68. The molecule has 0 aromatic heterocycles. The van der Waals surface area contributed by atoms with Crippen LogP contribution >= 0.6 is 0 Å². The van der Waals surface area contributed by atoms with Gasteiger partial charge in [0.2, 0.25) is 0 Å². The van der Waals surface area contributed by atoms with Crippen LogP contribution in [0.4, 0.5) is 0 Å². The summed E-state index contributed by atoms with van der Waals surface area (Å²) in [6.07, 6.45) is 1.07. The van der Waals surface area contributed by atoms with Crippen molar-refractivity contribution in [2.45, 2.75) is 54.0 Å². The zero-order valence-corrected chi connectivity index (χ0v) is 14.2. The molecule has 1 heteroatoms. The summed E-state index contributed by atoms with van der Waals surface area (Å²) in [5.74, 6) is 0. The molecule has 2 rings (SSSR count). The first-order valence-corrected chi connectivity index (χ1v) is 7.79. The normalized spacial score (nSPS) is 12.5. The molecule has 0 heterocycles. The summed E-state index contributed by atoms with van der Waals surface area (Å²) in [5, 5.41) is 0. The highest BCUT2D eigenvalue weighted by Crippen LogP contribution is 2.32. The molecule has 0 bridgehead atoms. The largest absolute Gasteiger partial charge is 0.320 e. The molecule has 1 atom stereocenters. The first-order valence-electron chi connectivity index (χ1n) is 7.79. The molecule has 21 heavy (non-hydrogen) atoms. The Morgan fingerprint density at radius 2 is 1.19 bits per heavy atom. The van der Waals surface area contributed by atoms with E-state index in [1.807, 2.05) is 0 Å². The van der Waals surface area contributed by atoms with Crippen LogP contribution in [0.2, 0.25) is 0 Å². The maximum absolute atomic E-state index is 6.60. The Labute approximate surface area is 129 Å². The zero-order chi connectivity index (χ0) is 15.7. The highest BCUT2D eigenvalue weighted by molar-refractivity contribution is 5.52. The van der Waals surface area contributed by atoms with E-state index in [1.165, 1.54) is 44.5 Å². The van der Waals surface area contributed by atoms with Gasteiger partial charge in [-0.05, 0) is 85.5 Å². The van der Waals surface area contributed by atoms with Crippen LogP contribution in [0.1, 0.15) is 57.5 Å². The number of hydrogen-bond acceptors (Lipinski definition) is 1. The monoisotopic (exact) mass is 281 g/mol. The molecule has 0 aliphatic rings. The second-order valence-corrected chi connectivity index (χ2v) is 6.11. The Balaban J connectivity index is 2.55. The number of nitrogens with two attached hydrogens (primary N) is 1. The van der Waals surface area contributed by atoms with Crippen molar-refractivity contribution in [2.75, 3.05) is 0 Å². The van der Waals surface area contributed by atoms with E-state index in [4.69, 9.17) is 5.73 Å². The van der Waals surface area contributed by atoms with Crippen molar-refractivity contribution < 1.29 is 0 Å². The summed E-state index contributed by atoms with van der Waals surface area (Å²) in [5.41, 5.74) is 17.2. The quantitative estimate of drug-likeness (QED) is 0.856. The third-order valence-electron chi connectivity index (χ3n) is 5.12. The van der Waals surface area contributed by atoms with E-state index in [0.717, 1.165) is 6.42 Å². The van der Waals surface area contributed by atoms with Gasteiger partial charge in [0.25, 0.3) is 0 Å². The topological polar surface area (TPSA) is 26.0 Å². The molecule has 0 spiro atoms. The minimum absolute atomic E-state index is 0.0473. The molecule has 0 amide bonds. The fourth-order valence-corrected chi connectivity index (χ4v) is 3.12. The van der Waals surface area contributed by atoms with Crippen molar-refractivity contribution in [2.24, 2.45) is 5.73 Å². The van der Waals surface area contributed by atoms with Gasteiger partial charge in [0, 0.05) is 0 Å². The van der Waals surface area contributed by atoms with Crippen LogP contribution in [0.3, 0.4) is 0 Å². The highest BCUT2D eigenvalue weighted by Gasteiger charge is 2.18. The van der Waals surface area contributed by atoms with E-state index in [0.29, 0.717) is 0 Å². The molecular weight excluding hydrogens is 254 g/mol. The molecule has 0 fully saturated rings. The van der Waals surface area contributed by atoms with Gasteiger partial charge < -0.3 is 5.73 Å². The fraction of sp³-hybridized carbons (Fsp3) is 0.400. The van der Waals surface area contributed by atoms with Crippen LogP contribution in [0, 0.1) is 34.6 Å². The average Bonchev–Trinajstić information content (AvgIpc) is 2.51. The number of hydrogen-bond donors (Lipinski definition) is 1. The lowest BCUT2D eigenvalue weighted by molar-refractivity contribution is 0.841. The van der Waals surface area contributed by atoms with Gasteiger partial charge in [0.1, 0.15) is 0 Å². The van der Waals surface area contributed by atoms with E-state index in [9.17, 15) is 0 Å². The van der Waals surface area contributed by atoms with Crippen molar-refractivity contribution in [1.82, 2.24) is 0 Å². The molecule has 0 aliphatic carbocycles. The van der Waals surface area contributed by atoms with Gasteiger partial charge >= 0.3 is 0 Å². The SMILES string of the molecule is CCc1ccc(C(N)c2c(C)c(C)c(C)c(C)c2C)cc1. The average molecular weight is 281 g/mol. The fourth-order valence-electron chi connectivity index (χ4n) is 3.12. The second kappa shape index (κ2) is 6.03. The van der Waals surface area contributed by atoms with Crippen LogP contribution in [-0.4, -0.2) is 0 Å². The third-order valence-corrected chi connectivity index (χ3v) is 5.12. The van der Waals surface area contributed by atoms with Crippen molar-refractivity contribution in [3.63, 3.8) is 0 Å². The molecule has 0 radical (unpaired) electrons. The zero-order valence-electron chi connectivity index (χ0n) is 14.2. The Morgan fingerprint density at radius 3 is 1.62 bits per heavy atom. The van der Waals surface area contributed by atoms with Crippen LogP contribution in [0.15, 0.2) is 24.3 Å². The van der Waals surface area contributed by atoms with Crippen molar-refractivity contribution in [3.8, 4) is 0 Å². The van der Waals surface area contributed by atoms with E-state index >= 15 is 0 Å². The lowest BCUT2D eigenvalue weighted by Gasteiger charge is -2.23. The van der Waals surface area contributed by atoms with Crippen molar-refractivity contribution in [1.29, 1.82) is 0 Å². The molecule has 1 nitrogen and oxygen atoms in total. The Bertz CT molecular complexity index is 622. The van der Waals surface area contributed by atoms with Crippen molar-refractivity contribution in [3.05, 3.63) is 68.8 Å². The van der Waals surface area contributed by atoms with Crippen LogP contribution in [0.5, 0.6) is 0 Å². The van der Waals surface area contributed by atoms with Gasteiger partial charge in [0.05, 0.1) is 6.04 Å². The smallest absolute Gasteiger partial charge is 0.0557 e.